The molecular weight excluding hydrogens is 268 g/mol. The van der Waals surface area contributed by atoms with Crippen LogP contribution in [0.25, 0.3) is 0 Å². The third kappa shape index (κ3) is 3.00. The maximum Gasteiger partial charge on any atom is 0.371 e. The molecule has 0 N–H and O–H groups in total. The normalized spacial score (nSPS) is 11.2. The highest BCUT2D eigenvalue weighted by atomic mass is 19.1. The smallest absolute Gasteiger partial charge is 0.312 e. The monoisotopic (exact) mass is 277 g/mol. The van der Waals surface area contributed by atoms with Crippen molar-refractivity contribution < 1.29 is 18.4 Å². The Balaban J connectivity index is 2.17. The Morgan fingerprint density at radius 1 is 1.25 bits per heavy atom. The summed E-state index contributed by atoms with van der Waals surface area (Å²) < 4.78 is 26.7. The molecule has 0 aliphatic rings. The second kappa shape index (κ2) is 5.96. The fraction of sp³-hybridized carbons (Fsp3) is 0.0769. The van der Waals surface area contributed by atoms with Crippen LogP contribution < -0.4 is 0 Å². The van der Waals surface area contributed by atoms with E-state index in [1.807, 2.05) is 0 Å². The van der Waals surface area contributed by atoms with Crippen LogP contribution in [-0.2, 0) is 4.84 Å². The molecule has 1 heterocycles. The molecule has 7 heteroatoms. The number of carbonyl (C=O) groups excluding carboxylic acids is 1. The quantitative estimate of drug-likeness (QED) is 0.490. The van der Waals surface area contributed by atoms with Gasteiger partial charge in [-0.05, 0) is 19.1 Å². The largest absolute Gasteiger partial charge is 0.371 e. The van der Waals surface area contributed by atoms with E-state index in [4.69, 9.17) is 0 Å². The number of nitrogens with zero attached hydrogens (tertiary/aromatic N) is 3. The molecule has 0 unspecified atom stereocenters. The van der Waals surface area contributed by atoms with Gasteiger partial charge in [-0.15, -0.1) is 0 Å². The Bertz CT molecular complexity index is 640. The molecule has 2 rings (SSSR count). The minimum atomic E-state index is -1.22. The van der Waals surface area contributed by atoms with Gasteiger partial charge in [0.1, 0.15) is 28.6 Å². The van der Waals surface area contributed by atoms with Crippen LogP contribution in [0.5, 0.6) is 0 Å². The number of aromatic nitrogens is 2. The molecule has 0 amide bonds. The molecule has 0 radical (unpaired) electrons. The van der Waals surface area contributed by atoms with Gasteiger partial charge < -0.3 is 4.84 Å². The fourth-order valence-corrected chi connectivity index (χ4v) is 1.38. The van der Waals surface area contributed by atoms with Crippen LogP contribution in [-0.4, -0.2) is 21.6 Å². The Kier molecular flexibility index (Phi) is 4.09. The number of rotatable bonds is 3. The number of benzene rings is 1. The lowest BCUT2D eigenvalue weighted by Crippen LogP contribution is -2.09. The van der Waals surface area contributed by atoms with Crippen molar-refractivity contribution in [3.63, 3.8) is 0 Å². The number of hydrogen-bond donors (Lipinski definition) is 0. The molecular formula is C13H9F2N3O2. The van der Waals surface area contributed by atoms with Crippen LogP contribution in [0.2, 0.25) is 0 Å². The topological polar surface area (TPSA) is 64.4 Å². The van der Waals surface area contributed by atoms with Crippen LogP contribution >= 0.6 is 0 Å². The summed E-state index contributed by atoms with van der Waals surface area (Å²) in [6, 6.07) is 3.06. The van der Waals surface area contributed by atoms with E-state index >= 15 is 0 Å². The van der Waals surface area contributed by atoms with E-state index in [9.17, 15) is 13.6 Å². The van der Waals surface area contributed by atoms with Gasteiger partial charge in [-0.25, -0.2) is 13.6 Å². The molecule has 0 bridgehead atoms. The standard InChI is InChI=1S/C13H9F2N3O2/c1-8(11-7-16-5-6-17-11)18-20-13(19)12-9(14)3-2-4-10(12)15/h2-7H,1H3. The van der Waals surface area contributed by atoms with Crippen molar-refractivity contribution in [3.05, 3.63) is 59.7 Å². The molecule has 0 fully saturated rings. The van der Waals surface area contributed by atoms with Crippen LogP contribution in [0.1, 0.15) is 23.0 Å². The van der Waals surface area contributed by atoms with Gasteiger partial charge >= 0.3 is 5.97 Å². The first kappa shape index (κ1) is 13.7. The first-order chi connectivity index (χ1) is 9.59. The predicted octanol–water partition coefficient (Wildman–Crippen LogP) is 2.34. The van der Waals surface area contributed by atoms with Gasteiger partial charge in [0.15, 0.2) is 0 Å². The van der Waals surface area contributed by atoms with Crippen molar-refractivity contribution in [2.75, 3.05) is 0 Å². The summed E-state index contributed by atoms with van der Waals surface area (Å²) in [7, 11) is 0. The van der Waals surface area contributed by atoms with Crippen LogP contribution in [0.3, 0.4) is 0 Å². The summed E-state index contributed by atoms with van der Waals surface area (Å²) in [5.74, 6) is -3.24. The highest BCUT2D eigenvalue weighted by molar-refractivity contribution is 5.97. The average molecular weight is 277 g/mol. The van der Waals surface area contributed by atoms with Crippen molar-refractivity contribution in [1.29, 1.82) is 0 Å². The van der Waals surface area contributed by atoms with Crippen molar-refractivity contribution >= 4 is 11.7 Å². The lowest BCUT2D eigenvalue weighted by Gasteiger charge is -2.02. The van der Waals surface area contributed by atoms with Gasteiger partial charge in [-0.1, -0.05) is 11.2 Å². The van der Waals surface area contributed by atoms with Crippen molar-refractivity contribution in [3.8, 4) is 0 Å². The first-order valence-corrected chi connectivity index (χ1v) is 5.56. The van der Waals surface area contributed by atoms with Gasteiger partial charge in [0, 0.05) is 12.4 Å². The molecule has 1 aromatic carbocycles. The highest BCUT2D eigenvalue weighted by Crippen LogP contribution is 2.13. The van der Waals surface area contributed by atoms with Gasteiger partial charge in [0.05, 0.1) is 6.20 Å². The van der Waals surface area contributed by atoms with E-state index in [1.165, 1.54) is 25.5 Å². The van der Waals surface area contributed by atoms with Gasteiger partial charge in [0.2, 0.25) is 0 Å². The lowest BCUT2D eigenvalue weighted by atomic mass is 10.2. The predicted molar refractivity (Wildman–Crippen MR) is 66.0 cm³/mol. The second-order valence-electron chi connectivity index (χ2n) is 3.74. The minimum absolute atomic E-state index is 0.253. The summed E-state index contributed by atoms with van der Waals surface area (Å²) in [6.07, 6.45) is 4.32. The van der Waals surface area contributed by atoms with Crippen LogP contribution in [0, 0.1) is 11.6 Å². The average Bonchev–Trinajstić information content (AvgIpc) is 2.45. The first-order valence-electron chi connectivity index (χ1n) is 5.56. The molecule has 0 atom stereocenters. The lowest BCUT2D eigenvalue weighted by molar-refractivity contribution is 0.0505. The molecule has 0 spiro atoms. The summed E-state index contributed by atoms with van der Waals surface area (Å²) in [6.45, 7) is 1.52. The fourth-order valence-electron chi connectivity index (χ4n) is 1.38. The number of hydrogen-bond acceptors (Lipinski definition) is 5. The van der Waals surface area contributed by atoms with E-state index in [2.05, 4.69) is 20.0 Å². The zero-order valence-electron chi connectivity index (χ0n) is 10.4. The van der Waals surface area contributed by atoms with Gasteiger partial charge in [-0.2, -0.15) is 0 Å². The zero-order valence-corrected chi connectivity index (χ0v) is 10.4. The maximum absolute atomic E-state index is 13.3. The molecule has 0 saturated heterocycles. The Morgan fingerprint density at radius 2 is 1.95 bits per heavy atom. The molecule has 2 aromatic rings. The molecule has 1 aromatic heterocycles. The molecule has 102 valence electrons. The Labute approximate surface area is 112 Å². The van der Waals surface area contributed by atoms with Crippen molar-refractivity contribution in [1.82, 2.24) is 9.97 Å². The maximum atomic E-state index is 13.3. The summed E-state index contributed by atoms with van der Waals surface area (Å²) in [5, 5.41) is 3.48. The van der Waals surface area contributed by atoms with E-state index in [0.29, 0.717) is 5.69 Å². The molecule has 5 nitrogen and oxygen atoms in total. The SMILES string of the molecule is CC(=NOC(=O)c1c(F)cccc1F)c1cnccn1. The van der Waals surface area contributed by atoms with Crippen LogP contribution in [0.4, 0.5) is 8.78 Å². The molecule has 0 aliphatic heterocycles. The van der Waals surface area contributed by atoms with E-state index in [1.54, 1.807) is 0 Å². The van der Waals surface area contributed by atoms with Crippen molar-refractivity contribution in [2.24, 2.45) is 5.16 Å². The number of carbonyl (C=O) groups is 1. The summed E-state index contributed by atoms with van der Waals surface area (Å²) >= 11 is 0. The summed E-state index contributed by atoms with van der Waals surface area (Å²) in [5.41, 5.74) is -0.152. The van der Waals surface area contributed by atoms with Gasteiger partial charge in [-0.3, -0.25) is 9.97 Å². The minimum Gasteiger partial charge on any atom is -0.312 e. The summed E-state index contributed by atoms with van der Waals surface area (Å²) in [4.78, 5) is 23.8. The third-order valence-corrected chi connectivity index (χ3v) is 2.37. The number of halogens is 2. The third-order valence-electron chi connectivity index (χ3n) is 2.37. The zero-order chi connectivity index (χ0) is 14.5. The van der Waals surface area contributed by atoms with Crippen molar-refractivity contribution in [2.45, 2.75) is 6.92 Å². The molecule has 0 saturated carbocycles. The van der Waals surface area contributed by atoms with Gasteiger partial charge in [0.25, 0.3) is 0 Å². The van der Waals surface area contributed by atoms with E-state index in [-0.39, 0.29) is 5.71 Å². The van der Waals surface area contributed by atoms with Crippen LogP contribution in [0.15, 0.2) is 41.9 Å². The Hall–Kier alpha value is -2.70. The highest BCUT2D eigenvalue weighted by Gasteiger charge is 2.19. The second-order valence-corrected chi connectivity index (χ2v) is 3.74. The number of oxime groups is 1. The molecule has 0 aliphatic carbocycles. The van der Waals surface area contributed by atoms with E-state index in [0.717, 1.165) is 18.2 Å². The molecule has 20 heavy (non-hydrogen) atoms. The van der Waals surface area contributed by atoms with E-state index < -0.39 is 23.2 Å². The Morgan fingerprint density at radius 3 is 2.55 bits per heavy atom.